The summed E-state index contributed by atoms with van der Waals surface area (Å²) in [7, 11) is 0. The summed E-state index contributed by atoms with van der Waals surface area (Å²) in [4.78, 5) is 7.76. The first-order valence-electron chi connectivity index (χ1n) is 4.77. The Morgan fingerprint density at radius 3 is 2.76 bits per heavy atom. The molecule has 1 heterocycles. The first-order valence-corrected chi connectivity index (χ1v) is 5.56. The summed E-state index contributed by atoms with van der Waals surface area (Å²) < 4.78 is 19.2. The smallest absolute Gasteiger partial charge is 0.227 e. The summed E-state index contributed by atoms with van der Waals surface area (Å²) in [6, 6.07) is 4.25. The van der Waals surface area contributed by atoms with Gasteiger partial charge in [0, 0.05) is 10.5 Å². The van der Waals surface area contributed by atoms with E-state index in [4.69, 9.17) is 10.5 Å². The Morgan fingerprint density at radius 2 is 2.06 bits per heavy atom. The Kier molecular flexibility index (Phi) is 3.23. The average Bonchev–Trinajstić information content (AvgIpc) is 2.23. The number of hydrogen-bond donors (Lipinski definition) is 1. The van der Waals surface area contributed by atoms with E-state index in [1.165, 1.54) is 18.5 Å². The van der Waals surface area contributed by atoms with Gasteiger partial charge >= 0.3 is 0 Å². The number of nitrogen functional groups attached to an aromatic ring is 1. The number of aromatic nitrogens is 2. The number of nitrogens with two attached hydrogens (primary N) is 1. The van der Waals surface area contributed by atoms with E-state index in [1.54, 1.807) is 13.0 Å². The Morgan fingerprint density at radius 1 is 1.29 bits per heavy atom. The molecule has 0 bridgehead atoms. The fourth-order valence-electron chi connectivity index (χ4n) is 1.25. The lowest BCUT2D eigenvalue weighted by molar-refractivity contribution is 0.453. The quantitative estimate of drug-likeness (QED) is 0.925. The van der Waals surface area contributed by atoms with Crippen molar-refractivity contribution in [3.8, 4) is 11.6 Å². The van der Waals surface area contributed by atoms with Crippen LogP contribution in [0.3, 0.4) is 0 Å². The predicted octanol–water partition coefficient (Wildman–Crippen LogP) is 3.06. The first kappa shape index (κ1) is 11.8. The third-order valence-electron chi connectivity index (χ3n) is 2.13. The lowest BCUT2D eigenvalue weighted by Crippen LogP contribution is -1.99. The fraction of sp³-hybridized carbons (Fsp3) is 0.0909. The van der Waals surface area contributed by atoms with Gasteiger partial charge in [-0.05, 0) is 19.1 Å². The van der Waals surface area contributed by atoms with Gasteiger partial charge in [-0.1, -0.05) is 15.9 Å². The number of halogens is 2. The molecule has 0 fully saturated rings. The van der Waals surface area contributed by atoms with Gasteiger partial charge in [0.15, 0.2) is 0 Å². The van der Waals surface area contributed by atoms with Crippen LogP contribution >= 0.6 is 15.9 Å². The van der Waals surface area contributed by atoms with Gasteiger partial charge in [0.05, 0.1) is 5.56 Å². The summed E-state index contributed by atoms with van der Waals surface area (Å²) in [5, 5.41) is 0. The van der Waals surface area contributed by atoms with E-state index < -0.39 is 5.82 Å². The number of anilines is 1. The van der Waals surface area contributed by atoms with Crippen LogP contribution in [0.15, 0.2) is 29.0 Å². The minimum atomic E-state index is -0.394. The molecule has 0 aliphatic rings. The van der Waals surface area contributed by atoms with Crippen molar-refractivity contribution in [2.45, 2.75) is 6.92 Å². The molecule has 2 N–H and O–H groups in total. The average molecular weight is 298 g/mol. The summed E-state index contributed by atoms with van der Waals surface area (Å²) in [6.07, 6.45) is 1.30. The van der Waals surface area contributed by atoms with Crippen molar-refractivity contribution < 1.29 is 9.13 Å². The van der Waals surface area contributed by atoms with Crippen LogP contribution in [0.2, 0.25) is 0 Å². The molecule has 0 unspecified atom stereocenters. The second kappa shape index (κ2) is 4.67. The molecule has 0 saturated heterocycles. The van der Waals surface area contributed by atoms with Crippen LogP contribution in [-0.4, -0.2) is 9.97 Å². The van der Waals surface area contributed by atoms with Crippen molar-refractivity contribution in [2.75, 3.05) is 5.73 Å². The van der Waals surface area contributed by atoms with Crippen molar-refractivity contribution in [2.24, 2.45) is 0 Å². The number of benzene rings is 1. The van der Waals surface area contributed by atoms with Crippen LogP contribution < -0.4 is 10.5 Å². The highest BCUT2D eigenvalue weighted by molar-refractivity contribution is 9.10. The molecule has 2 aromatic rings. The van der Waals surface area contributed by atoms with Crippen LogP contribution in [0, 0.1) is 12.7 Å². The molecule has 0 aliphatic carbocycles. The molecule has 1 aromatic carbocycles. The van der Waals surface area contributed by atoms with Crippen LogP contribution in [0.4, 0.5) is 10.2 Å². The van der Waals surface area contributed by atoms with Crippen molar-refractivity contribution in [1.82, 2.24) is 9.97 Å². The topological polar surface area (TPSA) is 61.0 Å². The maximum absolute atomic E-state index is 13.1. The monoisotopic (exact) mass is 297 g/mol. The molecular weight excluding hydrogens is 289 g/mol. The maximum Gasteiger partial charge on any atom is 0.227 e. The molecule has 6 heteroatoms. The van der Waals surface area contributed by atoms with Gasteiger partial charge in [0.2, 0.25) is 5.88 Å². The van der Waals surface area contributed by atoms with E-state index in [-0.39, 0.29) is 0 Å². The Labute approximate surface area is 106 Å². The van der Waals surface area contributed by atoms with Crippen molar-refractivity contribution in [3.05, 3.63) is 40.4 Å². The molecule has 4 nitrogen and oxygen atoms in total. The first-order chi connectivity index (χ1) is 8.06. The third kappa shape index (κ3) is 2.71. The van der Waals surface area contributed by atoms with Gasteiger partial charge in [0.1, 0.15) is 23.7 Å². The molecule has 0 radical (unpaired) electrons. The second-order valence-corrected chi connectivity index (χ2v) is 4.31. The van der Waals surface area contributed by atoms with Gasteiger partial charge in [-0.15, -0.1) is 0 Å². The van der Waals surface area contributed by atoms with Gasteiger partial charge in [-0.2, -0.15) is 0 Å². The normalized spacial score (nSPS) is 10.3. The summed E-state index contributed by atoms with van der Waals surface area (Å²) >= 11 is 3.18. The largest absolute Gasteiger partial charge is 0.438 e. The van der Waals surface area contributed by atoms with Crippen LogP contribution in [-0.2, 0) is 0 Å². The molecule has 0 saturated carbocycles. The van der Waals surface area contributed by atoms with Gasteiger partial charge in [-0.3, -0.25) is 0 Å². The predicted molar refractivity (Wildman–Crippen MR) is 65.4 cm³/mol. The van der Waals surface area contributed by atoms with Gasteiger partial charge in [-0.25, -0.2) is 14.4 Å². The zero-order chi connectivity index (χ0) is 12.4. The van der Waals surface area contributed by atoms with Crippen molar-refractivity contribution in [1.29, 1.82) is 0 Å². The third-order valence-corrected chi connectivity index (χ3v) is 2.59. The molecule has 0 amide bonds. The minimum Gasteiger partial charge on any atom is -0.438 e. The van der Waals surface area contributed by atoms with E-state index in [9.17, 15) is 4.39 Å². The van der Waals surface area contributed by atoms with Gasteiger partial charge in [0.25, 0.3) is 0 Å². The molecule has 0 spiro atoms. The molecule has 0 aliphatic heterocycles. The number of rotatable bonds is 2. The summed E-state index contributed by atoms with van der Waals surface area (Å²) in [5.74, 6) is 0.604. The standard InChI is InChI=1S/C11H9BrFN3O/c1-6-10(14)15-5-16-11(6)17-9-3-7(12)2-8(13)4-9/h2-5H,1H3,(H2,14,15,16). The molecular formula is C11H9BrFN3O. The van der Waals surface area contributed by atoms with E-state index >= 15 is 0 Å². The highest BCUT2D eigenvalue weighted by atomic mass is 79.9. The van der Waals surface area contributed by atoms with Crippen LogP contribution in [0.1, 0.15) is 5.56 Å². The number of ether oxygens (including phenoxy) is 1. The number of nitrogens with zero attached hydrogens (tertiary/aromatic N) is 2. The van der Waals surface area contributed by atoms with Crippen molar-refractivity contribution in [3.63, 3.8) is 0 Å². The SMILES string of the molecule is Cc1c(N)ncnc1Oc1cc(F)cc(Br)c1. The molecule has 1 aromatic heterocycles. The van der Waals surface area contributed by atoms with Crippen molar-refractivity contribution >= 4 is 21.7 Å². The Bertz CT molecular complexity index is 542. The lowest BCUT2D eigenvalue weighted by Gasteiger charge is -2.08. The van der Waals surface area contributed by atoms with E-state index in [0.717, 1.165) is 0 Å². The second-order valence-electron chi connectivity index (χ2n) is 3.40. The highest BCUT2D eigenvalue weighted by Crippen LogP contribution is 2.27. The fourth-order valence-corrected chi connectivity index (χ4v) is 1.69. The van der Waals surface area contributed by atoms with Crippen LogP contribution in [0.5, 0.6) is 11.6 Å². The molecule has 0 atom stereocenters. The zero-order valence-electron chi connectivity index (χ0n) is 8.95. The maximum atomic E-state index is 13.1. The summed E-state index contributed by atoms with van der Waals surface area (Å²) in [6.45, 7) is 1.74. The van der Waals surface area contributed by atoms with Gasteiger partial charge < -0.3 is 10.5 Å². The lowest BCUT2D eigenvalue weighted by atomic mass is 10.3. The van der Waals surface area contributed by atoms with E-state index in [2.05, 4.69) is 25.9 Å². The Hall–Kier alpha value is -1.69. The minimum absolute atomic E-state index is 0.315. The zero-order valence-corrected chi connectivity index (χ0v) is 10.5. The number of hydrogen-bond acceptors (Lipinski definition) is 4. The molecule has 88 valence electrons. The van der Waals surface area contributed by atoms with E-state index in [1.807, 2.05) is 0 Å². The van der Waals surface area contributed by atoms with E-state index in [0.29, 0.717) is 27.5 Å². The Balaban J connectivity index is 2.34. The molecule has 2 rings (SSSR count). The van der Waals surface area contributed by atoms with Crippen LogP contribution in [0.25, 0.3) is 0 Å². The highest BCUT2D eigenvalue weighted by Gasteiger charge is 2.08. The summed E-state index contributed by atoms with van der Waals surface area (Å²) in [5.41, 5.74) is 6.24. The molecule has 17 heavy (non-hydrogen) atoms.